The molecule has 1 atom stereocenters. The summed E-state index contributed by atoms with van der Waals surface area (Å²) in [7, 11) is 4.02. The lowest BCUT2D eigenvalue weighted by atomic mass is 10.1. The van der Waals surface area contributed by atoms with Gasteiger partial charge in [-0.05, 0) is 37.1 Å². The maximum absolute atomic E-state index is 5.92. The van der Waals surface area contributed by atoms with Crippen LogP contribution in [0.3, 0.4) is 0 Å². The van der Waals surface area contributed by atoms with Crippen LogP contribution in [0.2, 0.25) is 5.02 Å². The predicted octanol–water partition coefficient (Wildman–Crippen LogP) is 1.93. The van der Waals surface area contributed by atoms with Gasteiger partial charge in [0.2, 0.25) is 0 Å². The maximum Gasteiger partial charge on any atom is 0.190 e. The van der Waals surface area contributed by atoms with E-state index >= 15 is 0 Å². The Morgan fingerprint density at radius 1 is 1.16 bits per heavy atom. The highest BCUT2D eigenvalue weighted by molar-refractivity contribution is 6.30. The Bertz CT molecular complexity index is 523. The average molecular weight is 366 g/mol. The molecule has 0 aliphatic carbocycles. The lowest BCUT2D eigenvalue weighted by molar-refractivity contribution is 0.139. The van der Waals surface area contributed by atoms with Crippen molar-refractivity contribution in [3.05, 3.63) is 34.9 Å². The summed E-state index contributed by atoms with van der Waals surface area (Å²) < 4.78 is 0. The lowest BCUT2D eigenvalue weighted by Gasteiger charge is -2.34. The molecule has 1 unspecified atom stereocenters. The van der Waals surface area contributed by atoms with Gasteiger partial charge < -0.3 is 20.4 Å². The van der Waals surface area contributed by atoms with Crippen molar-refractivity contribution >= 4 is 17.6 Å². The highest BCUT2D eigenvalue weighted by atomic mass is 35.5. The van der Waals surface area contributed by atoms with Crippen molar-refractivity contribution in [3.63, 3.8) is 0 Å². The summed E-state index contributed by atoms with van der Waals surface area (Å²) in [6, 6.07) is 8.00. The molecule has 1 aliphatic heterocycles. The number of guanidine groups is 1. The first-order valence-electron chi connectivity index (χ1n) is 9.16. The molecule has 2 N–H and O–H groups in total. The first-order chi connectivity index (χ1) is 12.1. The zero-order chi connectivity index (χ0) is 18.1. The Balaban J connectivity index is 1.63. The van der Waals surface area contributed by atoms with Crippen molar-refractivity contribution in [2.75, 3.05) is 59.9 Å². The summed E-state index contributed by atoms with van der Waals surface area (Å²) >= 11 is 5.92. The van der Waals surface area contributed by atoms with Gasteiger partial charge in [-0.15, -0.1) is 0 Å². The van der Waals surface area contributed by atoms with E-state index in [9.17, 15) is 0 Å². The molecule has 1 aromatic carbocycles. The lowest BCUT2D eigenvalue weighted by Crippen LogP contribution is -2.47. The van der Waals surface area contributed by atoms with Crippen LogP contribution in [0.1, 0.15) is 12.5 Å². The van der Waals surface area contributed by atoms with Crippen molar-refractivity contribution in [2.24, 2.45) is 10.9 Å². The van der Waals surface area contributed by atoms with Gasteiger partial charge in [-0.1, -0.05) is 30.7 Å². The molecule has 0 amide bonds. The van der Waals surface area contributed by atoms with Crippen LogP contribution < -0.4 is 10.6 Å². The van der Waals surface area contributed by atoms with Crippen LogP contribution in [0.15, 0.2) is 29.3 Å². The standard InChI is InChI=1S/C19H32ClN5/c1-16(15-25-12-10-24(3)11-13-25)14-23-19(21-2)22-9-8-17-4-6-18(20)7-5-17/h4-7,16H,8-15H2,1-3H3,(H2,21,22,23). The smallest absolute Gasteiger partial charge is 0.190 e. The van der Waals surface area contributed by atoms with Crippen molar-refractivity contribution in [1.82, 2.24) is 20.4 Å². The van der Waals surface area contributed by atoms with Crippen LogP contribution >= 0.6 is 11.6 Å². The summed E-state index contributed by atoms with van der Waals surface area (Å²) in [6.45, 7) is 9.93. The molecule has 2 rings (SSSR count). The van der Waals surface area contributed by atoms with E-state index in [-0.39, 0.29) is 0 Å². The van der Waals surface area contributed by atoms with Gasteiger partial charge in [-0.25, -0.2) is 0 Å². The predicted molar refractivity (Wildman–Crippen MR) is 108 cm³/mol. The van der Waals surface area contributed by atoms with Gasteiger partial charge in [0, 0.05) is 57.9 Å². The zero-order valence-corrected chi connectivity index (χ0v) is 16.5. The second-order valence-electron chi connectivity index (χ2n) is 6.97. The molecule has 140 valence electrons. The number of hydrogen-bond donors (Lipinski definition) is 2. The molecule has 0 saturated carbocycles. The van der Waals surface area contributed by atoms with Gasteiger partial charge in [-0.2, -0.15) is 0 Å². The highest BCUT2D eigenvalue weighted by Gasteiger charge is 2.16. The highest BCUT2D eigenvalue weighted by Crippen LogP contribution is 2.09. The molecule has 1 heterocycles. The van der Waals surface area contributed by atoms with E-state index in [2.05, 4.69) is 51.5 Å². The third-order valence-corrected chi connectivity index (χ3v) is 4.88. The summed E-state index contributed by atoms with van der Waals surface area (Å²) in [5.41, 5.74) is 1.27. The molecule has 0 radical (unpaired) electrons. The number of nitrogens with zero attached hydrogens (tertiary/aromatic N) is 3. The molecule has 1 fully saturated rings. The minimum atomic E-state index is 0.596. The molecule has 25 heavy (non-hydrogen) atoms. The number of likely N-dealkylation sites (N-methyl/N-ethyl adjacent to an activating group) is 1. The normalized spacial score (nSPS) is 18.2. The summed E-state index contributed by atoms with van der Waals surface area (Å²) in [5.74, 6) is 1.47. The van der Waals surface area contributed by atoms with Crippen LogP contribution in [0, 0.1) is 5.92 Å². The second-order valence-corrected chi connectivity index (χ2v) is 7.40. The van der Waals surface area contributed by atoms with E-state index in [0.717, 1.165) is 37.0 Å². The van der Waals surface area contributed by atoms with E-state index in [1.807, 2.05) is 19.2 Å². The summed E-state index contributed by atoms with van der Waals surface area (Å²) in [4.78, 5) is 9.27. The summed E-state index contributed by atoms with van der Waals surface area (Å²) in [5, 5.41) is 7.61. The monoisotopic (exact) mass is 365 g/mol. The Labute approximate surface area is 157 Å². The Kier molecular flexibility index (Phi) is 8.52. The number of nitrogens with one attached hydrogen (secondary N) is 2. The summed E-state index contributed by atoms with van der Waals surface area (Å²) in [6.07, 6.45) is 0.953. The fourth-order valence-electron chi connectivity index (χ4n) is 3.00. The SMILES string of the molecule is CN=C(NCCc1ccc(Cl)cc1)NCC(C)CN1CCN(C)CC1. The maximum atomic E-state index is 5.92. The molecule has 1 aromatic rings. The first kappa shape index (κ1) is 20.0. The Morgan fingerprint density at radius 2 is 1.84 bits per heavy atom. The molecule has 6 heteroatoms. The number of aliphatic imine (C=N–C) groups is 1. The van der Waals surface area contributed by atoms with E-state index in [0.29, 0.717) is 5.92 Å². The van der Waals surface area contributed by atoms with E-state index in [4.69, 9.17) is 11.6 Å². The average Bonchev–Trinajstić information content (AvgIpc) is 2.61. The first-order valence-corrected chi connectivity index (χ1v) is 9.54. The second kappa shape index (κ2) is 10.6. The molecule has 0 bridgehead atoms. The third-order valence-electron chi connectivity index (χ3n) is 4.63. The number of benzene rings is 1. The Morgan fingerprint density at radius 3 is 2.48 bits per heavy atom. The molecule has 0 spiro atoms. The minimum absolute atomic E-state index is 0.596. The largest absolute Gasteiger partial charge is 0.356 e. The van der Waals surface area contributed by atoms with Gasteiger partial charge in [0.05, 0.1) is 0 Å². The van der Waals surface area contributed by atoms with Gasteiger partial charge in [0.15, 0.2) is 5.96 Å². The van der Waals surface area contributed by atoms with Crippen molar-refractivity contribution in [3.8, 4) is 0 Å². The van der Waals surface area contributed by atoms with Crippen LogP contribution in [0.4, 0.5) is 0 Å². The van der Waals surface area contributed by atoms with Crippen molar-refractivity contribution < 1.29 is 0 Å². The van der Waals surface area contributed by atoms with Gasteiger partial charge >= 0.3 is 0 Å². The molecule has 1 aliphatic rings. The number of hydrogen-bond acceptors (Lipinski definition) is 3. The Hall–Kier alpha value is -1.30. The number of rotatable bonds is 7. The zero-order valence-electron chi connectivity index (χ0n) is 15.8. The van der Waals surface area contributed by atoms with Crippen LogP contribution in [-0.2, 0) is 6.42 Å². The number of halogens is 1. The third kappa shape index (κ3) is 7.63. The molecular weight excluding hydrogens is 334 g/mol. The van der Waals surface area contributed by atoms with E-state index in [1.54, 1.807) is 0 Å². The van der Waals surface area contributed by atoms with Gasteiger partial charge in [0.1, 0.15) is 0 Å². The van der Waals surface area contributed by atoms with Crippen molar-refractivity contribution in [1.29, 1.82) is 0 Å². The molecular formula is C19H32ClN5. The van der Waals surface area contributed by atoms with Gasteiger partial charge in [0.25, 0.3) is 0 Å². The van der Waals surface area contributed by atoms with Crippen LogP contribution in [0.25, 0.3) is 0 Å². The van der Waals surface area contributed by atoms with Crippen LogP contribution in [0.5, 0.6) is 0 Å². The minimum Gasteiger partial charge on any atom is -0.356 e. The van der Waals surface area contributed by atoms with E-state index in [1.165, 1.54) is 31.7 Å². The van der Waals surface area contributed by atoms with Crippen molar-refractivity contribution in [2.45, 2.75) is 13.3 Å². The van der Waals surface area contributed by atoms with Gasteiger partial charge in [-0.3, -0.25) is 4.99 Å². The van der Waals surface area contributed by atoms with E-state index < -0.39 is 0 Å². The molecule has 5 nitrogen and oxygen atoms in total. The fourth-order valence-corrected chi connectivity index (χ4v) is 3.13. The fraction of sp³-hybridized carbons (Fsp3) is 0.632. The van der Waals surface area contributed by atoms with Crippen LogP contribution in [-0.4, -0.2) is 75.7 Å². The number of piperazine rings is 1. The molecule has 1 saturated heterocycles. The topological polar surface area (TPSA) is 42.9 Å². The quantitative estimate of drug-likeness (QED) is 0.572. The molecule has 0 aromatic heterocycles.